The molecule has 0 saturated carbocycles. The van der Waals surface area contributed by atoms with Gasteiger partial charge in [0.2, 0.25) is 5.91 Å². The van der Waals surface area contributed by atoms with Crippen LogP contribution in [0.15, 0.2) is 59.1 Å². The van der Waals surface area contributed by atoms with Gasteiger partial charge in [-0.2, -0.15) is 0 Å². The van der Waals surface area contributed by atoms with Gasteiger partial charge in [0, 0.05) is 42.8 Å². The van der Waals surface area contributed by atoms with E-state index in [9.17, 15) is 9.59 Å². The number of nitrogens with zero attached hydrogens (tertiary/aromatic N) is 2. The molecule has 0 unspecified atom stereocenters. The Kier molecular flexibility index (Phi) is 7.01. The van der Waals surface area contributed by atoms with Crippen LogP contribution in [0, 0.1) is 0 Å². The number of hydrogen-bond acceptors (Lipinski definition) is 3. The van der Waals surface area contributed by atoms with Crippen LogP contribution in [0.1, 0.15) is 22.3 Å². The fraction of sp³-hybridized carbons (Fsp3) is 0.333. The average Bonchev–Trinajstić information content (AvgIpc) is 2.92. The van der Waals surface area contributed by atoms with Crippen molar-refractivity contribution in [3.8, 4) is 0 Å². The number of hydrogen-bond donors (Lipinski definition) is 1. The van der Waals surface area contributed by atoms with Gasteiger partial charge in [-0.25, -0.2) is 0 Å². The summed E-state index contributed by atoms with van der Waals surface area (Å²) in [5.41, 5.74) is 1.83. The summed E-state index contributed by atoms with van der Waals surface area (Å²) in [5.74, 6) is -0.259. The number of halogens is 1. The SMILES string of the molecule is O=C(NCC(=O)N1CCCN(Cc2ccccc2)CC1)c1cccc(Br)c1. The lowest BCUT2D eigenvalue weighted by Crippen LogP contribution is -2.42. The smallest absolute Gasteiger partial charge is 0.251 e. The minimum atomic E-state index is -0.231. The molecule has 2 aromatic rings. The lowest BCUT2D eigenvalue weighted by molar-refractivity contribution is -0.130. The maximum Gasteiger partial charge on any atom is 0.251 e. The molecule has 27 heavy (non-hydrogen) atoms. The summed E-state index contributed by atoms with van der Waals surface area (Å²) in [5, 5.41) is 2.73. The molecule has 1 heterocycles. The molecule has 5 nitrogen and oxygen atoms in total. The van der Waals surface area contributed by atoms with E-state index < -0.39 is 0 Å². The Bertz CT molecular complexity index is 782. The molecule has 3 rings (SSSR count). The van der Waals surface area contributed by atoms with Crippen LogP contribution in [0.3, 0.4) is 0 Å². The molecule has 0 radical (unpaired) electrons. The fourth-order valence-electron chi connectivity index (χ4n) is 3.22. The topological polar surface area (TPSA) is 52.7 Å². The minimum absolute atomic E-state index is 0.0279. The van der Waals surface area contributed by atoms with Gasteiger partial charge in [0.05, 0.1) is 6.54 Å². The van der Waals surface area contributed by atoms with Crippen LogP contribution in [0.2, 0.25) is 0 Å². The zero-order valence-corrected chi connectivity index (χ0v) is 16.8. The van der Waals surface area contributed by atoms with Crippen molar-refractivity contribution in [1.29, 1.82) is 0 Å². The zero-order chi connectivity index (χ0) is 19.1. The molecule has 142 valence electrons. The molecular formula is C21H24BrN3O2. The van der Waals surface area contributed by atoms with Gasteiger partial charge in [0.1, 0.15) is 0 Å². The van der Waals surface area contributed by atoms with Crippen molar-refractivity contribution < 1.29 is 9.59 Å². The first-order chi connectivity index (χ1) is 13.1. The zero-order valence-electron chi connectivity index (χ0n) is 15.2. The number of carbonyl (C=O) groups excluding carboxylic acids is 2. The average molecular weight is 430 g/mol. The quantitative estimate of drug-likeness (QED) is 0.794. The Morgan fingerprint density at radius 3 is 2.56 bits per heavy atom. The highest BCUT2D eigenvalue weighted by atomic mass is 79.9. The first-order valence-electron chi connectivity index (χ1n) is 9.19. The van der Waals surface area contributed by atoms with Crippen molar-refractivity contribution in [1.82, 2.24) is 15.1 Å². The Balaban J connectivity index is 1.47. The molecule has 6 heteroatoms. The largest absolute Gasteiger partial charge is 0.343 e. The second-order valence-corrected chi connectivity index (χ2v) is 7.60. The van der Waals surface area contributed by atoms with Crippen LogP contribution in [0.4, 0.5) is 0 Å². The lowest BCUT2D eigenvalue weighted by Gasteiger charge is -2.22. The van der Waals surface area contributed by atoms with Crippen LogP contribution in [-0.4, -0.2) is 54.3 Å². The third-order valence-electron chi connectivity index (χ3n) is 4.68. The van der Waals surface area contributed by atoms with Crippen molar-refractivity contribution in [2.75, 3.05) is 32.7 Å². The number of nitrogens with one attached hydrogen (secondary N) is 1. The van der Waals surface area contributed by atoms with E-state index in [4.69, 9.17) is 0 Å². The third kappa shape index (κ3) is 5.91. The third-order valence-corrected chi connectivity index (χ3v) is 5.17. The van der Waals surface area contributed by atoms with Crippen LogP contribution < -0.4 is 5.32 Å². The first-order valence-corrected chi connectivity index (χ1v) is 9.99. The maximum atomic E-state index is 12.5. The van der Waals surface area contributed by atoms with E-state index in [1.165, 1.54) is 5.56 Å². The van der Waals surface area contributed by atoms with E-state index in [1.54, 1.807) is 18.2 Å². The molecule has 1 saturated heterocycles. The summed E-state index contributed by atoms with van der Waals surface area (Å²) >= 11 is 3.35. The van der Waals surface area contributed by atoms with Gasteiger partial charge in [0.15, 0.2) is 0 Å². The lowest BCUT2D eigenvalue weighted by atomic mass is 10.2. The van der Waals surface area contributed by atoms with Crippen molar-refractivity contribution in [3.63, 3.8) is 0 Å². The highest BCUT2D eigenvalue weighted by molar-refractivity contribution is 9.10. The Morgan fingerprint density at radius 2 is 1.78 bits per heavy atom. The standard InChI is InChI=1S/C21H24BrN3O2/c22-19-9-4-8-18(14-19)21(27)23-15-20(26)25-11-5-10-24(12-13-25)16-17-6-2-1-3-7-17/h1-4,6-9,14H,5,10-13,15-16H2,(H,23,27). The fourth-order valence-corrected chi connectivity index (χ4v) is 3.62. The molecule has 0 bridgehead atoms. The van der Waals surface area contributed by atoms with E-state index in [0.29, 0.717) is 12.1 Å². The molecule has 1 fully saturated rings. The summed E-state index contributed by atoms with van der Waals surface area (Å²) in [6.07, 6.45) is 0.943. The summed E-state index contributed by atoms with van der Waals surface area (Å²) in [6, 6.07) is 17.5. The molecule has 1 aliphatic rings. The highest BCUT2D eigenvalue weighted by Crippen LogP contribution is 2.12. The number of amides is 2. The predicted molar refractivity (Wildman–Crippen MR) is 109 cm³/mol. The van der Waals surface area contributed by atoms with Gasteiger partial charge in [-0.3, -0.25) is 14.5 Å². The van der Waals surface area contributed by atoms with Gasteiger partial charge < -0.3 is 10.2 Å². The molecule has 1 aliphatic heterocycles. The molecule has 1 N–H and O–H groups in total. The van der Waals surface area contributed by atoms with Crippen molar-refractivity contribution >= 4 is 27.7 Å². The second kappa shape index (κ2) is 9.67. The van der Waals surface area contributed by atoms with Gasteiger partial charge in [-0.05, 0) is 30.2 Å². The molecule has 2 aromatic carbocycles. The van der Waals surface area contributed by atoms with Crippen molar-refractivity contribution in [2.45, 2.75) is 13.0 Å². The Morgan fingerprint density at radius 1 is 0.963 bits per heavy atom. The van der Waals surface area contributed by atoms with Gasteiger partial charge in [-0.15, -0.1) is 0 Å². The van der Waals surface area contributed by atoms with Crippen molar-refractivity contribution in [3.05, 3.63) is 70.2 Å². The van der Waals surface area contributed by atoms with E-state index in [2.05, 4.69) is 50.4 Å². The first kappa shape index (κ1) is 19.6. The van der Waals surface area contributed by atoms with Crippen LogP contribution in [0.25, 0.3) is 0 Å². The molecule has 0 aromatic heterocycles. The van der Waals surface area contributed by atoms with E-state index in [0.717, 1.165) is 37.1 Å². The van der Waals surface area contributed by atoms with Gasteiger partial charge in [-0.1, -0.05) is 52.3 Å². The molecule has 0 aliphatic carbocycles. The predicted octanol–water partition coefficient (Wildman–Crippen LogP) is 2.91. The Labute approximate surface area is 168 Å². The summed E-state index contributed by atoms with van der Waals surface area (Å²) in [4.78, 5) is 28.9. The van der Waals surface area contributed by atoms with Crippen LogP contribution in [-0.2, 0) is 11.3 Å². The van der Waals surface area contributed by atoms with Crippen LogP contribution >= 0.6 is 15.9 Å². The van der Waals surface area contributed by atoms with E-state index >= 15 is 0 Å². The van der Waals surface area contributed by atoms with E-state index in [-0.39, 0.29) is 18.4 Å². The van der Waals surface area contributed by atoms with Crippen molar-refractivity contribution in [2.24, 2.45) is 0 Å². The van der Waals surface area contributed by atoms with Gasteiger partial charge in [0.25, 0.3) is 5.91 Å². The van der Waals surface area contributed by atoms with Crippen LogP contribution in [0.5, 0.6) is 0 Å². The Hall–Kier alpha value is -2.18. The normalized spacial score (nSPS) is 15.2. The second-order valence-electron chi connectivity index (χ2n) is 6.69. The molecule has 0 atom stereocenters. The summed E-state index contributed by atoms with van der Waals surface area (Å²) < 4.78 is 0.840. The highest BCUT2D eigenvalue weighted by Gasteiger charge is 2.19. The monoisotopic (exact) mass is 429 g/mol. The molecular weight excluding hydrogens is 406 g/mol. The summed E-state index contributed by atoms with van der Waals surface area (Å²) in [6.45, 7) is 4.19. The summed E-state index contributed by atoms with van der Waals surface area (Å²) in [7, 11) is 0. The maximum absolute atomic E-state index is 12.5. The number of rotatable bonds is 5. The minimum Gasteiger partial charge on any atom is -0.343 e. The molecule has 2 amide bonds. The number of benzene rings is 2. The van der Waals surface area contributed by atoms with E-state index in [1.807, 2.05) is 17.0 Å². The number of carbonyl (C=O) groups is 2. The van der Waals surface area contributed by atoms with Gasteiger partial charge >= 0.3 is 0 Å². The molecule has 0 spiro atoms.